The number of hydrogen-bond donors (Lipinski definition) is 1. The van der Waals surface area contributed by atoms with Gasteiger partial charge in [-0.2, -0.15) is 4.98 Å². The van der Waals surface area contributed by atoms with Crippen molar-refractivity contribution in [3.63, 3.8) is 0 Å². The van der Waals surface area contributed by atoms with Gasteiger partial charge in [0, 0.05) is 11.8 Å². The number of hydrogen-bond acceptors (Lipinski definition) is 4. The fraction of sp³-hybridized carbons (Fsp3) is 0.0909. The predicted octanol–water partition coefficient (Wildman–Crippen LogP) is 1.96. The summed E-state index contributed by atoms with van der Waals surface area (Å²) >= 11 is 0. The number of ether oxygens (including phenoxy) is 1. The number of aromatic nitrogens is 2. The molecular formula is C11H10N3O. The molecule has 75 valence electrons. The molecule has 0 bridgehead atoms. The Morgan fingerprint density at radius 3 is 2.67 bits per heavy atom. The van der Waals surface area contributed by atoms with Crippen LogP contribution in [0.25, 0.3) is 0 Å². The van der Waals surface area contributed by atoms with Gasteiger partial charge in [0.25, 0.3) is 0 Å². The number of rotatable bonds is 2. The van der Waals surface area contributed by atoms with Gasteiger partial charge in [-0.15, -0.1) is 0 Å². The van der Waals surface area contributed by atoms with E-state index in [4.69, 9.17) is 10.5 Å². The molecule has 0 spiro atoms. The summed E-state index contributed by atoms with van der Waals surface area (Å²) in [7, 11) is 0. The summed E-state index contributed by atoms with van der Waals surface area (Å²) in [6, 6.07) is 11.8. The molecule has 4 heteroatoms. The van der Waals surface area contributed by atoms with Crippen molar-refractivity contribution in [1.82, 2.24) is 9.97 Å². The maximum Gasteiger partial charge on any atom is 0.224 e. The molecule has 1 aromatic heterocycles. The summed E-state index contributed by atoms with van der Waals surface area (Å²) < 4.78 is 5.49. The van der Waals surface area contributed by atoms with Gasteiger partial charge in [-0.3, -0.25) is 0 Å². The third-order valence-electron chi connectivity index (χ3n) is 1.76. The minimum Gasteiger partial charge on any atom is -0.439 e. The lowest BCUT2D eigenvalue weighted by atomic mass is 10.3. The average Bonchev–Trinajstić information content (AvgIpc) is 2.17. The summed E-state index contributed by atoms with van der Waals surface area (Å²) in [5.41, 5.74) is 6.28. The van der Waals surface area contributed by atoms with Crippen LogP contribution in [0.5, 0.6) is 11.6 Å². The standard InChI is InChI=1S/C11H10N3O/c1-8-7-10(14-11(12)13-8)15-9-5-3-2-4-6-9/h3-7H,1H3,(H2,12,13,14). The molecule has 0 aliphatic carbocycles. The molecule has 4 nitrogen and oxygen atoms in total. The smallest absolute Gasteiger partial charge is 0.224 e. The highest BCUT2D eigenvalue weighted by molar-refractivity contribution is 5.30. The summed E-state index contributed by atoms with van der Waals surface area (Å²) in [6.45, 7) is 1.84. The second-order valence-corrected chi connectivity index (χ2v) is 3.04. The number of nitrogens with two attached hydrogens (primary N) is 1. The fourth-order valence-corrected chi connectivity index (χ4v) is 1.17. The number of benzene rings is 1. The van der Waals surface area contributed by atoms with Crippen LogP contribution in [-0.4, -0.2) is 9.97 Å². The molecule has 1 aromatic carbocycles. The Kier molecular flexibility index (Phi) is 2.49. The molecule has 1 heterocycles. The van der Waals surface area contributed by atoms with Crippen molar-refractivity contribution in [2.45, 2.75) is 6.92 Å². The summed E-state index contributed by atoms with van der Waals surface area (Å²) in [5.74, 6) is 1.37. The zero-order chi connectivity index (χ0) is 10.7. The Balaban J connectivity index is 2.25. The quantitative estimate of drug-likeness (QED) is 0.804. The predicted molar refractivity (Wildman–Crippen MR) is 56.5 cm³/mol. The first-order valence-corrected chi connectivity index (χ1v) is 4.49. The van der Waals surface area contributed by atoms with Crippen LogP contribution in [0.2, 0.25) is 0 Å². The molecule has 2 aromatic rings. The molecule has 0 fully saturated rings. The number of nitrogen functional groups attached to an aromatic ring is 1. The Bertz CT molecular complexity index is 436. The molecule has 1 radical (unpaired) electrons. The highest BCUT2D eigenvalue weighted by Crippen LogP contribution is 2.19. The number of anilines is 1. The molecule has 0 aliphatic heterocycles. The Labute approximate surface area is 87.7 Å². The topological polar surface area (TPSA) is 61.0 Å². The van der Waals surface area contributed by atoms with Gasteiger partial charge in [0.15, 0.2) is 0 Å². The average molecular weight is 200 g/mol. The van der Waals surface area contributed by atoms with E-state index in [1.165, 1.54) is 0 Å². The molecule has 0 saturated heterocycles. The van der Waals surface area contributed by atoms with Crippen molar-refractivity contribution in [1.29, 1.82) is 0 Å². The SMILES string of the molecule is Cc1cc(Oc2cc[c]cc2)nc(N)n1. The van der Waals surface area contributed by atoms with Crippen LogP contribution in [-0.2, 0) is 0 Å². The van der Waals surface area contributed by atoms with Gasteiger partial charge in [0.1, 0.15) is 5.75 Å². The van der Waals surface area contributed by atoms with E-state index >= 15 is 0 Å². The van der Waals surface area contributed by atoms with Gasteiger partial charge >= 0.3 is 0 Å². The first-order chi connectivity index (χ1) is 7.24. The van der Waals surface area contributed by atoms with Crippen LogP contribution in [0.15, 0.2) is 30.3 Å². The van der Waals surface area contributed by atoms with Gasteiger partial charge in [-0.1, -0.05) is 12.1 Å². The zero-order valence-corrected chi connectivity index (χ0v) is 8.27. The van der Waals surface area contributed by atoms with Crippen LogP contribution in [0, 0.1) is 13.0 Å². The van der Waals surface area contributed by atoms with Crippen molar-refractivity contribution < 1.29 is 4.74 Å². The summed E-state index contributed by atoms with van der Waals surface area (Å²) in [5, 5.41) is 0. The highest BCUT2D eigenvalue weighted by Gasteiger charge is 2.01. The maximum atomic E-state index is 5.50. The Morgan fingerprint density at radius 1 is 1.27 bits per heavy atom. The van der Waals surface area contributed by atoms with Gasteiger partial charge in [-0.25, -0.2) is 4.98 Å². The minimum atomic E-state index is 0.215. The first kappa shape index (κ1) is 9.45. The Morgan fingerprint density at radius 2 is 2.00 bits per heavy atom. The van der Waals surface area contributed by atoms with Crippen LogP contribution in [0.3, 0.4) is 0 Å². The molecule has 0 amide bonds. The fourth-order valence-electron chi connectivity index (χ4n) is 1.17. The molecule has 2 rings (SSSR count). The van der Waals surface area contributed by atoms with Gasteiger partial charge < -0.3 is 10.5 Å². The third-order valence-corrected chi connectivity index (χ3v) is 1.76. The maximum absolute atomic E-state index is 5.50. The molecular weight excluding hydrogens is 190 g/mol. The van der Waals surface area contributed by atoms with Crippen molar-refractivity contribution >= 4 is 5.95 Å². The number of nitrogens with zero attached hydrogens (tertiary/aromatic N) is 2. The van der Waals surface area contributed by atoms with Crippen molar-refractivity contribution in [2.75, 3.05) is 5.73 Å². The summed E-state index contributed by atoms with van der Waals surface area (Å²) in [4.78, 5) is 7.92. The van der Waals surface area contributed by atoms with Crippen molar-refractivity contribution in [3.8, 4) is 11.6 Å². The lowest BCUT2D eigenvalue weighted by Crippen LogP contribution is -1.98. The normalized spacial score (nSPS) is 9.93. The Hall–Kier alpha value is -2.10. The van der Waals surface area contributed by atoms with Crippen molar-refractivity contribution in [3.05, 3.63) is 42.1 Å². The third kappa shape index (κ3) is 2.43. The van der Waals surface area contributed by atoms with E-state index < -0.39 is 0 Å². The summed E-state index contributed by atoms with van der Waals surface area (Å²) in [6.07, 6.45) is 0. The van der Waals surface area contributed by atoms with Gasteiger partial charge in [0.05, 0.1) is 0 Å². The minimum absolute atomic E-state index is 0.215. The van der Waals surface area contributed by atoms with E-state index in [0.717, 1.165) is 5.69 Å². The molecule has 0 aliphatic rings. The van der Waals surface area contributed by atoms with Crippen molar-refractivity contribution in [2.24, 2.45) is 0 Å². The lowest BCUT2D eigenvalue weighted by molar-refractivity contribution is 0.462. The number of aryl methyl sites for hydroxylation is 1. The van der Waals surface area contributed by atoms with E-state index in [2.05, 4.69) is 16.0 Å². The van der Waals surface area contributed by atoms with Gasteiger partial charge in [-0.05, 0) is 25.1 Å². The molecule has 0 unspecified atom stereocenters. The van der Waals surface area contributed by atoms with Crippen LogP contribution in [0.1, 0.15) is 5.69 Å². The van der Waals surface area contributed by atoms with Crippen LogP contribution >= 0.6 is 0 Å². The van der Waals surface area contributed by atoms with E-state index in [1.54, 1.807) is 30.3 Å². The van der Waals surface area contributed by atoms with Gasteiger partial charge in [0.2, 0.25) is 11.8 Å². The molecule has 2 N–H and O–H groups in total. The largest absolute Gasteiger partial charge is 0.439 e. The zero-order valence-electron chi connectivity index (χ0n) is 8.27. The van der Waals surface area contributed by atoms with E-state index in [1.807, 2.05) is 6.92 Å². The van der Waals surface area contributed by atoms with E-state index in [0.29, 0.717) is 11.6 Å². The van der Waals surface area contributed by atoms with E-state index in [9.17, 15) is 0 Å². The van der Waals surface area contributed by atoms with Crippen LogP contribution in [0.4, 0.5) is 5.95 Å². The molecule has 0 atom stereocenters. The van der Waals surface area contributed by atoms with Crippen LogP contribution < -0.4 is 10.5 Å². The second-order valence-electron chi connectivity index (χ2n) is 3.04. The highest BCUT2D eigenvalue weighted by atomic mass is 16.5. The molecule has 15 heavy (non-hydrogen) atoms. The lowest BCUT2D eigenvalue weighted by Gasteiger charge is -2.05. The second kappa shape index (κ2) is 3.96. The first-order valence-electron chi connectivity index (χ1n) is 4.49. The molecule has 0 saturated carbocycles. The monoisotopic (exact) mass is 200 g/mol. The van der Waals surface area contributed by atoms with E-state index in [-0.39, 0.29) is 5.95 Å².